The molecule has 0 saturated carbocycles. The molecule has 1 amide bonds. The van der Waals surface area contributed by atoms with Crippen LogP contribution in [0.15, 0.2) is 54.6 Å². The number of halogens is 1. The van der Waals surface area contributed by atoms with Crippen molar-refractivity contribution < 1.29 is 18.7 Å². The van der Waals surface area contributed by atoms with E-state index in [1.54, 1.807) is 19.2 Å². The third-order valence-electron chi connectivity index (χ3n) is 5.63. The number of carbonyl (C=O) groups is 1. The highest BCUT2D eigenvalue weighted by atomic mass is 19.1. The van der Waals surface area contributed by atoms with E-state index in [9.17, 15) is 9.18 Å². The van der Waals surface area contributed by atoms with Gasteiger partial charge >= 0.3 is 0 Å². The minimum absolute atomic E-state index is 0.00922. The molecule has 0 N–H and O–H groups in total. The number of benzene rings is 2. The zero-order chi connectivity index (χ0) is 22.1. The smallest absolute Gasteiger partial charge is 0.255 e. The number of amides is 1. The second-order valence-corrected chi connectivity index (χ2v) is 8.04. The molecule has 2 heterocycles. The first-order valence-electron chi connectivity index (χ1n) is 10.4. The quantitative estimate of drug-likeness (QED) is 0.604. The Kier molecular flexibility index (Phi) is 5.83. The van der Waals surface area contributed by atoms with Crippen LogP contribution in [0.1, 0.15) is 29.9 Å². The fraction of sp³-hybridized carbons (Fsp3) is 0.320. The van der Waals surface area contributed by atoms with Crippen molar-refractivity contribution in [3.8, 4) is 22.7 Å². The van der Waals surface area contributed by atoms with Crippen molar-refractivity contribution in [3.05, 3.63) is 71.7 Å². The molecule has 3 aromatic rings. The van der Waals surface area contributed by atoms with Crippen LogP contribution in [0.4, 0.5) is 4.39 Å². The molecule has 1 aliphatic rings. The Bertz CT molecular complexity index is 1080. The molecule has 4 rings (SSSR count). The predicted molar refractivity (Wildman–Crippen MR) is 118 cm³/mol. The molecule has 31 heavy (non-hydrogen) atoms. The fourth-order valence-electron chi connectivity index (χ4n) is 4.26. The number of hydrogen-bond donors (Lipinski definition) is 0. The van der Waals surface area contributed by atoms with Gasteiger partial charge in [-0.05, 0) is 63.2 Å². The molecule has 5 nitrogen and oxygen atoms in total. The Hall–Kier alpha value is -3.12. The summed E-state index contributed by atoms with van der Waals surface area (Å²) in [6, 6.07) is 15.9. The van der Waals surface area contributed by atoms with Crippen LogP contribution in [0.5, 0.6) is 5.75 Å². The topological polar surface area (TPSA) is 43.7 Å². The van der Waals surface area contributed by atoms with Crippen molar-refractivity contribution in [2.45, 2.75) is 33.0 Å². The second kappa shape index (κ2) is 8.55. The highest BCUT2D eigenvalue weighted by Gasteiger charge is 2.29. The van der Waals surface area contributed by atoms with Gasteiger partial charge in [-0.3, -0.25) is 4.79 Å². The van der Waals surface area contributed by atoms with Gasteiger partial charge in [-0.1, -0.05) is 12.1 Å². The van der Waals surface area contributed by atoms with E-state index in [0.29, 0.717) is 18.7 Å². The van der Waals surface area contributed by atoms with Crippen LogP contribution in [-0.2, 0) is 4.74 Å². The van der Waals surface area contributed by atoms with Crippen molar-refractivity contribution >= 4 is 5.91 Å². The number of ether oxygens (including phenoxy) is 2. The van der Waals surface area contributed by atoms with Crippen LogP contribution in [0.3, 0.4) is 0 Å². The first kappa shape index (κ1) is 21.1. The lowest BCUT2D eigenvalue weighted by Gasteiger charge is -2.35. The van der Waals surface area contributed by atoms with Crippen LogP contribution < -0.4 is 4.74 Å². The summed E-state index contributed by atoms with van der Waals surface area (Å²) in [6.45, 7) is 6.99. The maximum absolute atomic E-state index is 13.6. The molecule has 1 aromatic heterocycles. The van der Waals surface area contributed by atoms with Gasteiger partial charge < -0.3 is 18.9 Å². The summed E-state index contributed by atoms with van der Waals surface area (Å²) in [7, 11) is 1.62. The molecule has 162 valence electrons. The highest BCUT2D eigenvalue weighted by Crippen LogP contribution is 2.32. The van der Waals surface area contributed by atoms with Crippen LogP contribution >= 0.6 is 0 Å². The van der Waals surface area contributed by atoms with E-state index in [0.717, 1.165) is 28.4 Å². The summed E-state index contributed by atoms with van der Waals surface area (Å²) >= 11 is 0. The van der Waals surface area contributed by atoms with Crippen LogP contribution in [0.2, 0.25) is 0 Å². The molecule has 0 bridgehead atoms. The Labute approximate surface area is 182 Å². The van der Waals surface area contributed by atoms with E-state index in [-0.39, 0.29) is 23.9 Å². The van der Waals surface area contributed by atoms with E-state index >= 15 is 0 Å². The number of morpholine rings is 1. The fourth-order valence-corrected chi connectivity index (χ4v) is 4.26. The van der Waals surface area contributed by atoms with E-state index in [1.807, 2.05) is 60.6 Å². The first-order chi connectivity index (χ1) is 14.9. The largest absolute Gasteiger partial charge is 0.497 e. The molecular formula is C25H27FN2O3. The molecule has 0 spiro atoms. The summed E-state index contributed by atoms with van der Waals surface area (Å²) in [5.41, 5.74) is 3.99. The van der Waals surface area contributed by atoms with Crippen LogP contribution in [0.25, 0.3) is 16.9 Å². The highest BCUT2D eigenvalue weighted by molar-refractivity contribution is 5.97. The SMILES string of the molecule is COc1cccc(-c2cc(C(=O)N3C[C@@H](C)O[C@@H](C)C3)c(C)n2-c2ccc(F)cc2)c1. The van der Waals surface area contributed by atoms with E-state index in [1.165, 1.54) is 12.1 Å². The summed E-state index contributed by atoms with van der Waals surface area (Å²) in [5.74, 6) is 0.402. The predicted octanol–water partition coefficient (Wildman–Crippen LogP) is 4.85. The lowest BCUT2D eigenvalue weighted by molar-refractivity contribution is -0.0586. The maximum Gasteiger partial charge on any atom is 0.255 e. The zero-order valence-electron chi connectivity index (χ0n) is 18.3. The standard InChI is InChI=1S/C25H27FN2O3/c1-16-14-27(15-17(2)31-16)25(29)23-13-24(19-6-5-7-22(12-19)30-4)28(18(23)3)21-10-8-20(26)9-11-21/h5-13,16-17H,14-15H2,1-4H3/t16-,17+. The monoisotopic (exact) mass is 422 g/mol. The third-order valence-corrected chi connectivity index (χ3v) is 5.63. The van der Waals surface area contributed by atoms with Crippen molar-refractivity contribution in [2.75, 3.05) is 20.2 Å². The molecule has 0 unspecified atom stereocenters. The summed E-state index contributed by atoms with van der Waals surface area (Å²) < 4.78 is 26.8. The minimum Gasteiger partial charge on any atom is -0.497 e. The number of carbonyl (C=O) groups excluding carboxylic acids is 1. The third kappa shape index (κ3) is 4.21. The van der Waals surface area contributed by atoms with Gasteiger partial charge in [-0.25, -0.2) is 4.39 Å². The molecule has 1 fully saturated rings. The normalized spacial score (nSPS) is 18.8. The Morgan fingerprint density at radius 1 is 1.06 bits per heavy atom. The summed E-state index contributed by atoms with van der Waals surface area (Å²) in [5, 5.41) is 0. The molecular weight excluding hydrogens is 395 g/mol. The van der Waals surface area contributed by atoms with E-state index < -0.39 is 0 Å². The number of methoxy groups -OCH3 is 1. The lowest BCUT2D eigenvalue weighted by Crippen LogP contribution is -2.48. The number of aromatic nitrogens is 1. The maximum atomic E-state index is 13.6. The average Bonchev–Trinajstić information content (AvgIpc) is 3.10. The van der Waals surface area contributed by atoms with E-state index in [4.69, 9.17) is 9.47 Å². The number of nitrogens with zero attached hydrogens (tertiary/aromatic N) is 2. The lowest BCUT2D eigenvalue weighted by atomic mass is 10.1. The van der Waals surface area contributed by atoms with Crippen molar-refractivity contribution in [3.63, 3.8) is 0 Å². The number of rotatable bonds is 4. The molecule has 1 saturated heterocycles. The molecule has 6 heteroatoms. The zero-order valence-corrected chi connectivity index (χ0v) is 18.3. The van der Waals surface area contributed by atoms with Gasteiger partial charge in [0, 0.05) is 30.0 Å². The minimum atomic E-state index is -0.302. The molecule has 0 aliphatic carbocycles. The summed E-state index contributed by atoms with van der Waals surface area (Å²) in [4.78, 5) is 15.3. The van der Waals surface area contributed by atoms with Crippen LogP contribution in [-0.4, -0.2) is 47.8 Å². The average molecular weight is 423 g/mol. The molecule has 0 radical (unpaired) electrons. The van der Waals surface area contributed by atoms with E-state index in [2.05, 4.69) is 0 Å². The Balaban J connectivity index is 1.84. The van der Waals surface area contributed by atoms with Gasteiger partial charge in [0.2, 0.25) is 0 Å². The van der Waals surface area contributed by atoms with Crippen molar-refractivity contribution in [2.24, 2.45) is 0 Å². The van der Waals surface area contributed by atoms with Gasteiger partial charge in [0.15, 0.2) is 0 Å². The van der Waals surface area contributed by atoms with Gasteiger partial charge in [-0.15, -0.1) is 0 Å². The van der Waals surface area contributed by atoms with Gasteiger partial charge in [0.05, 0.1) is 30.6 Å². The Morgan fingerprint density at radius 2 is 1.74 bits per heavy atom. The summed E-state index contributed by atoms with van der Waals surface area (Å²) in [6.07, 6.45) is -0.0184. The number of hydrogen-bond acceptors (Lipinski definition) is 3. The van der Waals surface area contributed by atoms with Crippen molar-refractivity contribution in [1.82, 2.24) is 9.47 Å². The molecule has 2 atom stereocenters. The Morgan fingerprint density at radius 3 is 2.39 bits per heavy atom. The van der Waals surface area contributed by atoms with Gasteiger partial charge in [0.1, 0.15) is 11.6 Å². The van der Waals surface area contributed by atoms with Crippen LogP contribution in [0, 0.1) is 12.7 Å². The first-order valence-corrected chi connectivity index (χ1v) is 10.4. The van der Waals surface area contributed by atoms with Crippen molar-refractivity contribution in [1.29, 1.82) is 0 Å². The van der Waals surface area contributed by atoms with Gasteiger partial charge in [0.25, 0.3) is 5.91 Å². The molecule has 1 aliphatic heterocycles. The molecule has 2 aromatic carbocycles. The van der Waals surface area contributed by atoms with Gasteiger partial charge in [-0.2, -0.15) is 0 Å². The second-order valence-electron chi connectivity index (χ2n) is 8.04.